The van der Waals surface area contributed by atoms with Crippen molar-refractivity contribution in [2.75, 3.05) is 20.1 Å². The molecular formula is C15H29N3. The summed E-state index contributed by atoms with van der Waals surface area (Å²) in [6.07, 6.45) is 6.90. The molecule has 4 atom stereocenters. The zero-order valence-electron chi connectivity index (χ0n) is 12.2. The Labute approximate surface area is 112 Å². The number of piperidine rings is 1. The van der Waals surface area contributed by atoms with Crippen LogP contribution in [0.4, 0.5) is 0 Å². The van der Waals surface area contributed by atoms with Crippen molar-refractivity contribution in [1.29, 1.82) is 0 Å². The van der Waals surface area contributed by atoms with Gasteiger partial charge in [0.15, 0.2) is 0 Å². The van der Waals surface area contributed by atoms with Gasteiger partial charge < -0.3 is 10.2 Å². The van der Waals surface area contributed by atoms with E-state index in [-0.39, 0.29) is 0 Å². The lowest BCUT2D eigenvalue weighted by molar-refractivity contribution is 0.162. The van der Waals surface area contributed by atoms with Crippen LogP contribution in [-0.2, 0) is 0 Å². The van der Waals surface area contributed by atoms with E-state index in [1.54, 1.807) is 0 Å². The molecule has 0 radical (unpaired) electrons. The Morgan fingerprint density at radius 1 is 0.944 bits per heavy atom. The molecular weight excluding hydrogens is 222 g/mol. The predicted octanol–water partition coefficient (Wildman–Crippen LogP) is 1.68. The Kier molecular flexibility index (Phi) is 3.65. The standard InChI is InChI=1S/C15H29N3/c1-11-8-13(6-7-17(11)3)16-14-9-12(2)18(10-14)15-4-5-15/h11-16H,4-10H2,1-3H3. The summed E-state index contributed by atoms with van der Waals surface area (Å²) in [4.78, 5) is 5.24. The monoisotopic (exact) mass is 251 g/mol. The fourth-order valence-electron chi connectivity index (χ4n) is 3.87. The molecule has 2 aliphatic heterocycles. The van der Waals surface area contributed by atoms with Crippen LogP contribution in [0.25, 0.3) is 0 Å². The van der Waals surface area contributed by atoms with E-state index in [0.717, 1.165) is 30.2 Å². The molecule has 4 unspecified atom stereocenters. The number of rotatable bonds is 3. The molecule has 0 aromatic carbocycles. The van der Waals surface area contributed by atoms with Crippen LogP contribution in [-0.4, -0.2) is 60.1 Å². The van der Waals surface area contributed by atoms with Gasteiger partial charge in [0.25, 0.3) is 0 Å². The molecule has 3 heteroatoms. The van der Waals surface area contributed by atoms with Crippen molar-refractivity contribution in [3.63, 3.8) is 0 Å². The minimum Gasteiger partial charge on any atom is -0.310 e. The fraction of sp³-hybridized carbons (Fsp3) is 1.00. The van der Waals surface area contributed by atoms with Gasteiger partial charge in [-0.3, -0.25) is 4.90 Å². The van der Waals surface area contributed by atoms with E-state index in [0.29, 0.717) is 0 Å². The average Bonchev–Trinajstić information content (AvgIpc) is 3.09. The number of likely N-dealkylation sites (tertiary alicyclic amines) is 2. The van der Waals surface area contributed by atoms with E-state index in [2.05, 4.69) is 36.0 Å². The van der Waals surface area contributed by atoms with Gasteiger partial charge in [-0.1, -0.05) is 0 Å². The molecule has 18 heavy (non-hydrogen) atoms. The maximum atomic E-state index is 3.94. The number of hydrogen-bond donors (Lipinski definition) is 1. The molecule has 3 fully saturated rings. The second kappa shape index (κ2) is 5.10. The van der Waals surface area contributed by atoms with E-state index in [9.17, 15) is 0 Å². The Morgan fingerprint density at radius 2 is 1.67 bits per heavy atom. The van der Waals surface area contributed by atoms with Gasteiger partial charge in [-0.25, -0.2) is 0 Å². The van der Waals surface area contributed by atoms with Crippen LogP contribution in [0, 0.1) is 0 Å². The Morgan fingerprint density at radius 3 is 2.33 bits per heavy atom. The van der Waals surface area contributed by atoms with Gasteiger partial charge in [0.1, 0.15) is 0 Å². The zero-order valence-corrected chi connectivity index (χ0v) is 12.2. The summed E-state index contributed by atoms with van der Waals surface area (Å²) in [5.41, 5.74) is 0. The first-order chi connectivity index (χ1) is 8.63. The highest BCUT2D eigenvalue weighted by Gasteiger charge is 2.39. The molecule has 104 valence electrons. The average molecular weight is 251 g/mol. The highest BCUT2D eigenvalue weighted by molar-refractivity contribution is 4.97. The van der Waals surface area contributed by atoms with Crippen molar-refractivity contribution in [2.24, 2.45) is 0 Å². The Bertz CT molecular complexity index is 289. The van der Waals surface area contributed by atoms with E-state index < -0.39 is 0 Å². The largest absolute Gasteiger partial charge is 0.310 e. The quantitative estimate of drug-likeness (QED) is 0.823. The first-order valence-electron chi connectivity index (χ1n) is 7.85. The zero-order chi connectivity index (χ0) is 12.7. The summed E-state index contributed by atoms with van der Waals surface area (Å²) < 4.78 is 0. The molecule has 1 saturated carbocycles. The van der Waals surface area contributed by atoms with Gasteiger partial charge in [-0.15, -0.1) is 0 Å². The molecule has 0 bridgehead atoms. The predicted molar refractivity (Wildman–Crippen MR) is 75.8 cm³/mol. The smallest absolute Gasteiger partial charge is 0.0212 e. The summed E-state index contributed by atoms with van der Waals surface area (Å²) in [5, 5.41) is 3.94. The number of nitrogens with one attached hydrogen (secondary N) is 1. The van der Waals surface area contributed by atoms with Crippen LogP contribution in [0.15, 0.2) is 0 Å². The third-order valence-electron chi connectivity index (χ3n) is 5.32. The van der Waals surface area contributed by atoms with Crippen molar-refractivity contribution in [2.45, 2.75) is 76.2 Å². The molecule has 0 amide bonds. The van der Waals surface area contributed by atoms with Crippen molar-refractivity contribution in [1.82, 2.24) is 15.1 Å². The molecule has 2 saturated heterocycles. The first-order valence-corrected chi connectivity index (χ1v) is 7.85. The Hall–Kier alpha value is -0.120. The maximum absolute atomic E-state index is 3.94. The van der Waals surface area contributed by atoms with Gasteiger partial charge in [0, 0.05) is 36.8 Å². The van der Waals surface area contributed by atoms with Crippen molar-refractivity contribution >= 4 is 0 Å². The minimum atomic E-state index is 0.745. The summed E-state index contributed by atoms with van der Waals surface area (Å²) in [6.45, 7) is 7.33. The van der Waals surface area contributed by atoms with E-state index in [1.807, 2.05) is 0 Å². The summed E-state index contributed by atoms with van der Waals surface area (Å²) >= 11 is 0. The van der Waals surface area contributed by atoms with Crippen LogP contribution in [0.3, 0.4) is 0 Å². The van der Waals surface area contributed by atoms with Gasteiger partial charge in [-0.2, -0.15) is 0 Å². The second-order valence-electron chi connectivity index (χ2n) is 6.93. The normalized spacial score (nSPS) is 43.5. The second-order valence-corrected chi connectivity index (χ2v) is 6.93. The van der Waals surface area contributed by atoms with Gasteiger partial charge in [0.2, 0.25) is 0 Å². The molecule has 0 aromatic heterocycles. The van der Waals surface area contributed by atoms with Crippen LogP contribution < -0.4 is 5.32 Å². The topological polar surface area (TPSA) is 18.5 Å². The van der Waals surface area contributed by atoms with E-state index in [4.69, 9.17) is 0 Å². The summed E-state index contributed by atoms with van der Waals surface area (Å²) in [6, 6.07) is 3.99. The van der Waals surface area contributed by atoms with Gasteiger partial charge in [0.05, 0.1) is 0 Å². The molecule has 1 aliphatic carbocycles. The Balaban J connectivity index is 1.48. The fourth-order valence-corrected chi connectivity index (χ4v) is 3.87. The van der Waals surface area contributed by atoms with E-state index >= 15 is 0 Å². The molecule has 3 nitrogen and oxygen atoms in total. The molecule has 2 heterocycles. The summed E-state index contributed by atoms with van der Waals surface area (Å²) in [7, 11) is 2.26. The van der Waals surface area contributed by atoms with E-state index in [1.165, 1.54) is 45.2 Å². The lowest BCUT2D eigenvalue weighted by Gasteiger charge is -2.36. The minimum absolute atomic E-state index is 0.745. The number of nitrogens with zero attached hydrogens (tertiary/aromatic N) is 2. The van der Waals surface area contributed by atoms with Crippen LogP contribution >= 0.6 is 0 Å². The number of hydrogen-bond acceptors (Lipinski definition) is 3. The van der Waals surface area contributed by atoms with Crippen LogP contribution in [0.5, 0.6) is 0 Å². The maximum Gasteiger partial charge on any atom is 0.0212 e. The SMILES string of the molecule is CC1CC(NC2CC(C)N(C3CC3)C2)CCN1C. The van der Waals surface area contributed by atoms with Crippen molar-refractivity contribution in [3.8, 4) is 0 Å². The molecule has 0 spiro atoms. The molecule has 1 N–H and O–H groups in total. The highest BCUT2D eigenvalue weighted by Crippen LogP contribution is 2.33. The third kappa shape index (κ3) is 2.73. The molecule has 3 aliphatic rings. The van der Waals surface area contributed by atoms with Crippen LogP contribution in [0.1, 0.15) is 46.0 Å². The van der Waals surface area contributed by atoms with Crippen molar-refractivity contribution < 1.29 is 0 Å². The molecule has 3 rings (SSSR count). The highest BCUT2D eigenvalue weighted by atomic mass is 15.3. The first kappa shape index (κ1) is 12.9. The lowest BCUT2D eigenvalue weighted by Crippen LogP contribution is -2.49. The summed E-state index contributed by atoms with van der Waals surface area (Å²) in [5.74, 6) is 0. The van der Waals surface area contributed by atoms with Crippen LogP contribution in [0.2, 0.25) is 0 Å². The third-order valence-corrected chi connectivity index (χ3v) is 5.32. The molecule has 0 aromatic rings. The van der Waals surface area contributed by atoms with Gasteiger partial charge in [-0.05, 0) is 59.5 Å². The van der Waals surface area contributed by atoms with Crippen molar-refractivity contribution in [3.05, 3.63) is 0 Å². The lowest BCUT2D eigenvalue weighted by atomic mass is 9.98. The van der Waals surface area contributed by atoms with Gasteiger partial charge >= 0.3 is 0 Å².